The molecule has 0 spiro atoms. The molecule has 0 aliphatic carbocycles. The summed E-state index contributed by atoms with van der Waals surface area (Å²) < 4.78 is 39.7. The molecule has 2 N–H and O–H groups in total. The first-order valence-corrected chi connectivity index (χ1v) is 7.27. The van der Waals surface area contributed by atoms with Gasteiger partial charge in [0.05, 0.1) is 11.3 Å². The van der Waals surface area contributed by atoms with Crippen molar-refractivity contribution in [1.29, 1.82) is 0 Å². The average Bonchev–Trinajstić information content (AvgIpc) is 2.40. The van der Waals surface area contributed by atoms with Crippen molar-refractivity contribution >= 4 is 21.7 Å². The number of nitrogens with zero attached hydrogens (tertiary/aromatic N) is 1. The van der Waals surface area contributed by atoms with Crippen molar-refractivity contribution in [3.05, 3.63) is 53.5 Å². The lowest BCUT2D eigenvalue weighted by molar-refractivity contribution is 0.0698. The lowest BCUT2D eigenvalue weighted by atomic mass is 10.1. The second kappa shape index (κ2) is 5.49. The number of pyridine rings is 1. The molecule has 2 rings (SSSR count). The third-order valence-corrected chi connectivity index (χ3v) is 3.93. The summed E-state index contributed by atoms with van der Waals surface area (Å²) in [7, 11) is -4.31. The van der Waals surface area contributed by atoms with Crippen LogP contribution in [0.15, 0.2) is 41.6 Å². The van der Waals surface area contributed by atoms with Gasteiger partial charge in [-0.05, 0) is 31.2 Å². The highest BCUT2D eigenvalue weighted by Gasteiger charge is 2.23. The number of benzene rings is 1. The van der Waals surface area contributed by atoms with E-state index in [4.69, 9.17) is 5.11 Å². The van der Waals surface area contributed by atoms with Crippen LogP contribution in [0.2, 0.25) is 0 Å². The molecular weight excluding hydrogens is 299 g/mol. The molecule has 21 heavy (non-hydrogen) atoms. The van der Waals surface area contributed by atoms with Crippen LogP contribution in [0.1, 0.15) is 15.9 Å². The smallest absolute Gasteiger partial charge is 0.337 e. The lowest BCUT2D eigenvalue weighted by Gasteiger charge is -2.11. The van der Waals surface area contributed by atoms with Gasteiger partial charge in [-0.3, -0.25) is 4.72 Å². The Balaban J connectivity index is 2.47. The largest absolute Gasteiger partial charge is 0.478 e. The molecule has 1 aromatic carbocycles. The van der Waals surface area contributed by atoms with Crippen molar-refractivity contribution < 1.29 is 22.7 Å². The molecule has 0 aliphatic heterocycles. The molecule has 0 fully saturated rings. The molecule has 0 saturated heterocycles. The summed E-state index contributed by atoms with van der Waals surface area (Å²) in [4.78, 5) is 14.6. The van der Waals surface area contributed by atoms with E-state index in [0.717, 1.165) is 12.3 Å². The Bertz CT molecular complexity index is 806. The van der Waals surface area contributed by atoms with Crippen molar-refractivity contribution in [2.45, 2.75) is 11.9 Å². The zero-order valence-electron chi connectivity index (χ0n) is 10.9. The molecule has 0 atom stereocenters. The van der Waals surface area contributed by atoms with Gasteiger partial charge in [-0.15, -0.1) is 0 Å². The van der Waals surface area contributed by atoms with E-state index in [1.54, 1.807) is 13.0 Å². The van der Waals surface area contributed by atoms with Gasteiger partial charge >= 0.3 is 5.97 Å². The highest BCUT2D eigenvalue weighted by molar-refractivity contribution is 7.92. The fraction of sp³-hybridized carbons (Fsp3) is 0.0769. The van der Waals surface area contributed by atoms with Crippen molar-refractivity contribution in [2.24, 2.45) is 0 Å². The number of aryl methyl sites for hydroxylation is 1. The molecule has 0 aliphatic rings. The van der Waals surface area contributed by atoms with E-state index in [1.165, 1.54) is 18.2 Å². The highest BCUT2D eigenvalue weighted by atomic mass is 32.2. The summed E-state index contributed by atoms with van der Waals surface area (Å²) in [5.41, 5.74) is 0.271. The predicted octanol–water partition coefficient (Wildman–Crippen LogP) is 2.03. The number of rotatable bonds is 4. The zero-order valence-corrected chi connectivity index (χ0v) is 11.7. The van der Waals surface area contributed by atoms with E-state index in [-0.39, 0.29) is 11.3 Å². The minimum atomic E-state index is -4.31. The predicted molar refractivity (Wildman–Crippen MR) is 73.1 cm³/mol. The summed E-state index contributed by atoms with van der Waals surface area (Å²) in [5, 5.41) is 8.30. The molecule has 0 saturated carbocycles. The molecule has 2 aromatic rings. The molecule has 0 radical (unpaired) electrons. The Morgan fingerprint density at radius 1 is 1.33 bits per heavy atom. The summed E-state index contributed by atoms with van der Waals surface area (Å²) in [6.45, 7) is 1.67. The molecule has 0 unspecified atom stereocenters. The van der Waals surface area contributed by atoms with Crippen LogP contribution < -0.4 is 4.72 Å². The van der Waals surface area contributed by atoms with Crippen LogP contribution in [-0.4, -0.2) is 24.5 Å². The monoisotopic (exact) mass is 310 g/mol. The van der Waals surface area contributed by atoms with E-state index in [1.807, 2.05) is 4.72 Å². The fourth-order valence-corrected chi connectivity index (χ4v) is 2.77. The quantitative estimate of drug-likeness (QED) is 0.900. The van der Waals surface area contributed by atoms with Crippen LogP contribution in [-0.2, 0) is 10.0 Å². The molecular formula is C13H11FN2O4S. The topological polar surface area (TPSA) is 96.4 Å². The van der Waals surface area contributed by atoms with Crippen molar-refractivity contribution in [3.8, 4) is 0 Å². The first-order valence-electron chi connectivity index (χ1n) is 5.78. The number of carboxylic acids is 1. The molecule has 110 valence electrons. The van der Waals surface area contributed by atoms with Crippen LogP contribution in [0.3, 0.4) is 0 Å². The third-order valence-electron chi connectivity index (χ3n) is 2.63. The Labute approximate surface area is 120 Å². The Morgan fingerprint density at radius 2 is 2.05 bits per heavy atom. The number of sulfonamides is 1. The second-order valence-corrected chi connectivity index (χ2v) is 5.85. The van der Waals surface area contributed by atoms with Gasteiger partial charge in [0, 0.05) is 6.20 Å². The fourth-order valence-electron chi connectivity index (χ4n) is 1.69. The van der Waals surface area contributed by atoms with Crippen molar-refractivity contribution in [1.82, 2.24) is 4.98 Å². The number of nitrogens with one attached hydrogen (secondary N) is 1. The van der Waals surface area contributed by atoms with Crippen LogP contribution >= 0.6 is 0 Å². The normalized spacial score (nSPS) is 11.1. The molecule has 1 heterocycles. The summed E-state index contributed by atoms with van der Waals surface area (Å²) >= 11 is 0. The van der Waals surface area contributed by atoms with Gasteiger partial charge in [0.15, 0.2) is 5.82 Å². The minimum absolute atomic E-state index is 0.154. The first kappa shape index (κ1) is 14.9. The first-order chi connectivity index (χ1) is 9.81. The van der Waals surface area contributed by atoms with Gasteiger partial charge < -0.3 is 5.11 Å². The number of aromatic carboxylic acids is 1. The van der Waals surface area contributed by atoms with Crippen LogP contribution in [0, 0.1) is 12.7 Å². The second-order valence-electron chi connectivity index (χ2n) is 4.25. The Morgan fingerprint density at radius 3 is 2.67 bits per heavy atom. The van der Waals surface area contributed by atoms with Crippen LogP contribution in [0.4, 0.5) is 10.1 Å². The molecule has 0 amide bonds. The summed E-state index contributed by atoms with van der Waals surface area (Å²) in [6, 6.07) is 6.36. The van der Waals surface area contributed by atoms with Crippen molar-refractivity contribution in [2.75, 3.05) is 4.72 Å². The number of hydrogen-bond donors (Lipinski definition) is 2. The van der Waals surface area contributed by atoms with Crippen LogP contribution in [0.5, 0.6) is 0 Å². The molecule has 1 aromatic heterocycles. The van der Waals surface area contributed by atoms with E-state index < -0.39 is 26.8 Å². The van der Waals surface area contributed by atoms with Gasteiger partial charge in [-0.2, -0.15) is 8.42 Å². The van der Waals surface area contributed by atoms with E-state index in [2.05, 4.69) is 4.98 Å². The Kier molecular flexibility index (Phi) is 3.90. The van der Waals surface area contributed by atoms with Gasteiger partial charge in [0.1, 0.15) is 0 Å². The number of carbonyl (C=O) groups is 1. The average molecular weight is 310 g/mol. The molecule has 8 heteroatoms. The maximum atomic E-state index is 13.5. The zero-order chi connectivity index (χ0) is 15.6. The van der Waals surface area contributed by atoms with Gasteiger partial charge in [0.25, 0.3) is 10.0 Å². The molecule has 0 bridgehead atoms. The summed E-state index contributed by atoms with van der Waals surface area (Å²) in [6.07, 6.45) is 1.13. The third kappa shape index (κ3) is 3.16. The van der Waals surface area contributed by atoms with Gasteiger partial charge in [-0.25, -0.2) is 14.2 Å². The van der Waals surface area contributed by atoms with Crippen LogP contribution in [0.25, 0.3) is 0 Å². The van der Waals surface area contributed by atoms with E-state index in [9.17, 15) is 17.6 Å². The SMILES string of the molecule is Cc1ccc(NS(=O)(=O)c2ncccc2F)c(C(=O)O)c1. The van der Waals surface area contributed by atoms with E-state index >= 15 is 0 Å². The Hall–Kier alpha value is -2.48. The number of hydrogen-bond acceptors (Lipinski definition) is 4. The van der Waals surface area contributed by atoms with Crippen molar-refractivity contribution in [3.63, 3.8) is 0 Å². The number of aromatic nitrogens is 1. The standard InChI is InChI=1S/C13H11FN2O4S/c1-8-4-5-11(9(7-8)13(17)18)16-21(19,20)12-10(14)3-2-6-15-12/h2-7,16H,1H3,(H,17,18). The minimum Gasteiger partial charge on any atom is -0.478 e. The molecule has 6 nitrogen and oxygen atoms in total. The maximum absolute atomic E-state index is 13.5. The number of carboxylic acid groups (broad SMARTS) is 1. The maximum Gasteiger partial charge on any atom is 0.337 e. The lowest BCUT2D eigenvalue weighted by Crippen LogP contribution is -2.18. The number of anilines is 1. The highest BCUT2D eigenvalue weighted by Crippen LogP contribution is 2.21. The van der Waals surface area contributed by atoms with Gasteiger partial charge in [-0.1, -0.05) is 11.6 Å². The van der Waals surface area contributed by atoms with Gasteiger partial charge in [0.2, 0.25) is 5.03 Å². The summed E-state index contributed by atoms with van der Waals surface area (Å²) in [5.74, 6) is -2.31. The number of halogens is 1. The van der Waals surface area contributed by atoms with E-state index in [0.29, 0.717) is 5.56 Å².